The van der Waals surface area contributed by atoms with Crippen LogP contribution in [0.15, 0.2) is 12.4 Å². The molecule has 9 unspecified atom stereocenters. The molecule has 7 heteroatoms. The minimum absolute atomic E-state index is 0.0336. The third-order valence-corrected chi connectivity index (χ3v) is 10.6. The summed E-state index contributed by atoms with van der Waals surface area (Å²) in [5.74, 6) is 2.77. The van der Waals surface area contributed by atoms with Crippen LogP contribution in [0.2, 0.25) is 0 Å². The maximum Gasteiger partial charge on any atom is 0.223 e. The average Bonchev–Trinajstić information content (AvgIpc) is 3.66. The van der Waals surface area contributed by atoms with E-state index in [1.165, 1.54) is 12.8 Å². The number of imidazole rings is 1. The second kappa shape index (κ2) is 11.2. The molecule has 0 spiro atoms. The van der Waals surface area contributed by atoms with Gasteiger partial charge < -0.3 is 14.5 Å². The molecule has 5 rings (SSSR count). The molecule has 4 aliphatic rings. The molecule has 0 aliphatic heterocycles. The van der Waals surface area contributed by atoms with Crippen molar-refractivity contribution in [1.82, 2.24) is 14.5 Å². The Hall–Kier alpha value is -1.66. The van der Waals surface area contributed by atoms with Gasteiger partial charge in [0.25, 0.3) is 0 Å². The zero-order chi connectivity index (χ0) is 26.3. The highest BCUT2D eigenvalue weighted by Crippen LogP contribution is 2.47. The van der Waals surface area contributed by atoms with Crippen LogP contribution in [0.4, 0.5) is 8.78 Å². The monoisotopic (exact) mass is 518 g/mol. The highest BCUT2D eigenvalue weighted by atomic mass is 19.1. The average molecular weight is 519 g/mol. The number of aryl methyl sites for hydroxylation is 1. The van der Waals surface area contributed by atoms with Crippen molar-refractivity contribution in [2.45, 2.75) is 109 Å². The van der Waals surface area contributed by atoms with Gasteiger partial charge in [0.2, 0.25) is 11.5 Å². The Morgan fingerprint density at radius 1 is 0.973 bits per heavy atom. The smallest absolute Gasteiger partial charge is 0.223 e. The summed E-state index contributed by atoms with van der Waals surface area (Å²) >= 11 is 0. The third-order valence-electron chi connectivity index (χ3n) is 10.6. The van der Waals surface area contributed by atoms with Crippen LogP contribution in [-0.4, -0.2) is 33.4 Å². The van der Waals surface area contributed by atoms with Gasteiger partial charge >= 0.3 is 0 Å². The van der Waals surface area contributed by atoms with Crippen molar-refractivity contribution < 1.29 is 13.6 Å². The lowest BCUT2D eigenvalue weighted by Crippen LogP contribution is -2.48. The predicted octanol–water partition coefficient (Wildman–Crippen LogP) is 5.78. The van der Waals surface area contributed by atoms with Gasteiger partial charge in [0.05, 0.1) is 0 Å². The number of rotatable bonds is 7. The van der Waals surface area contributed by atoms with Crippen molar-refractivity contribution in [2.24, 2.45) is 54.4 Å². The number of carbonyl (C=O) groups is 1. The summed E-state index contributed by atoms with van der Waals surface area (Å²) in [4.78, 5) is 13.9. The topological polar surface area (TPSA) is 62.8 Å². The van der Waals surface area contributed by atoms with Gasteiger partial charge in [-0.2, -0.15) is 0 Å². The van der Waals surface area contributed by atoms with Crippen molar-refractivity contribution in [1.29, 1.82) is 5.41 Å². The molecule has 0 bridgehead atoms. The van der Waals surface area contributed by atoms with Crippen LogP contribution in [0.25, 0.3) is 0 Å². The number of nitrogens with one attached hydrogen (secondary N) is 2. The van der Waals surface area contributed by atoms with E-state index in [4.69, 9.17) is 5.41 Å². The molecular weight excluding hydrogens is 470 g/mol. The zero-order valence-electron chi connectivity index (χ0n) is 23.0. The van der Waals surface area contributed by atoms with Crippen LogP contribution in [0.5, 0.6) is 0 Å². The molecule has 5 nitrogen and oxygen atoms in total. The van der Waals surface area contributed by atoms with E-state index in [2.05, 4.69) is 12.2 Å². The first-order valence-corrected chi connectivity index (χ1v) is 15.0. The first-order valence-electron chi connectivity index (χ1n) is 15.0. The van der Waals surface area contributed by atoms with Gasteiger partial charge in [0.1, 0.15) is 12.3 Å². The van der Waals surface area contributed by atoms with Crippen molar-refractivity contribution >= 4 is 5.91 Å². The lowest BCUT2D eigenvalue weighted by Gasteiger charge is -2.43. The Kier molecular flexibility index (Phi) is 8.16. The van der Waals surface area contributed by atoms with Crippen molar-refractivity contribution in [3.05, 3.63) is 18.0 Å². The normalized spacial score (nSPS) is 39.8. The standard InChI is InChI=1S/C30H48F2N4O/c1-18-13-25(31)7-8-26(18)23-14-20(17-36-11-10-35(3)30(36)33)15-24(16-23)29(37)34-28(21-4-5-21)22-6-9-27(32)19(2)12-22/h10-11,18-28,33H,4-9,12-17H2,1-3H3,(H,34,37)/t18?,19?,20?,22?,23?,24?,25?,26?,27?,28-/m0/s1. The summed E-state index contributed by atoms with van der Waals surface area (Å²) in [6, 6.07) is 0.186. The van der Waals surface area contributed by atoms with E-state index in [-0.39, 0.29) is 23.8 Å². The minimum atomic E-state index is -0.703. The van der Waals surface area contributed by atoms with Crippen LogP contribution >= 0.6 is 0 Å². The zero-order valence-corrected chi connectivity index (χ0v) is 23.0. The number of carbonyl (C=O) groups excluding carboxylic acids is 1. The Labute approximate surface area is 221 Å². The second-order valence-corrected chi connectivity index (χ2v) is 13.4. The fourth-order valence-corrected chi connectivity index (χ4v) is 8.29. The molecule has 4 aliphatic carbocycles. The fourth-order valence-electron chi connectivity index (χ4n) is 8.29. The van der Waals surface area contributed by atoms with Crippen LogP contribution < -0.4 is 10.9 Å². The lowest BCUT2D eigenvalue weighted by molar-refractivity contribution is -0.129. The summed E-state index contributed by atoms with van der Waals surface area (Å²) in [5.41, 5.74) is 0.487. The van der Waals surface area contributed by atoms with Gasteiger partial charge in [-0.05, 0) is 112 Å². The molecule has 1 aromatic heterocycles. The molecule has 0 radical (unpaired) electrons. The highest BCUT2D eigenvalue weighted by Gasteiger charge is 2.44. The molecule has 208 valence electrons. The number of alkyl halides is 2. The molecule has 4 fully saturated rings. The van der Waals surface area contributed by atoms with Crippen LogP contribution in [0.1, 0.15) is 84.5 Å². The number of amides is 1. The molecule has 4 saturated carbocycles. The molecule has 37 heavy (non-hydrogen) atoms. The third kappa shape index (κ3) is 6.16. The first kappa shape index (κ1) is 26.9. The molecule has 10 atom stereocenters. The molecule has 1 amide bonds. The Bertz CT molecular complexity index is 986. The van der Waals surface area contributed by atoms with Gasteiger partial charge in [-0.25, -0.2) is 8.78 Å². The molecule has 1 aromatic rings. The lowest BCUT2D eigenvalue weighted by atomic mass is 9.63. The van der Waals surface area contributed by atoms with Gasteiger partial charge in [0.15, 0.2) is 0 Å². The van der Waals surface area contributed by atoms with Crippen molar-refractivity contribution in [3.8, 4) is 0 Å². The molecule has 0 aromatic carbocycles. The van der Waals surface area contributed by atoms with Gasteiger partial charge in [0, 0.05) is 37.9 Å². The van der Waals surface area contributed by atoms with Crippen LogP contribution in [-0.2, 0) is 18.4 Å². The number of aromatic nitrogens is 2. The van der Waals surface area contributed by atoms with Gasteiger partial charge in [-0.15, -0.1) is 0 Å². The maximum atomic E-state index is 14.2. The number of hydrogen-bond donors (Lipinski definition) is 2. The molecule has 0 saturated heterocycles. The Morgan fingerprint density at radius 3 is 2.38 bits per heavy atom. The number of hydrogen-bond acceptors (Lipinski definition) is 2. The van der Waals surface area contributed by atoms with Gasteiger partial charge in [-0.1, -0.05) is 13.8 Å². The highest BCUT2D eigenvalue weighted by molar-refractivity contribution is 5.79. The molecule has 1 heterocycles. The summed E-state index contributed by atoms with van der Waals surface area (Å²) in [6.45, 7) is 4.99. The van der Waals surface area contributed by atoms with Gasteiger partial charge in [-0.3, -0.25) is 10.2 Å². The molecule has 2 N–H and O–H groups in total. The maximum absolute atomic E-state index is 14.2. The van der Waals surface area contributed by atoms with Crippen molar-refractivity contribution in [2.75, 3.05) is 0 Å². The molecular formula is C30H48F2N4O. The van der Waals surface area contributed by atoms with E-state index in [0.717, 1.165) is 45.1 Å². The largest absolute Gasteiger partial charge is 0.353 e. The SMILES string of the molecule is CC1CC([C@@H](NC(=O)C2CC(Cn3ccn(C)c3=N)CC(C3CCC(F)CC3C)C2)C2CC2)CCC1F. The van der Waals surface area contributed by atoms with Crippen LogP contribution in [0.3, 0.4) is 0 Å². The Balaban J connectivity index is 1.31. The fraction of sp³-hybridized carbons (Fsp3) is 0.867. The van der Waals surface area contributed by atoms with E-state index >= 15 is 0 Å². The predicted molar refractivity (Wildman–Crippen MR) is 141 cm³/mol. The van der Waals surface area contributed by atoms with E-state index < -0.39 is 12.3 Å². The van der Waals surface area contributed by atoms with Crippen LogP contribution in [0, 0.1) is 52.8 Å². The summed E-state index contributed by atoms with van der Waals surface area (Å²) in [5, 5.41) is 11.9. The summed E-state index contributed by atoms with van der Waals surface area (Å²) in [6.07, 6.45) is 12.2. The number of halogens is 2. The Morgan fingerprint density at radius 2 is 1.73 bits per heavy atom. The van der Waals surface area contributed by atoms with E-state index in [9.17, 15) is 13.6 Å². The van der Waals surface area contributed by atoms with E-state index in [0.29, 0.717) is 60.4 Å². The summed E-state index contributed by atoms with van der Waals surface area (Å²) < 4.78 is 32.1. The van der Waals surface area contributed by atoms with E-state index in [1.54, 1.807) is 0 Å². The summed E-state index contributed by atoms with van der Waals surface area (Å²) in [7, 11) is 1.89. The second-order valence-electron chi connectivity index (χ2n) is 13.4. The quantitative estimate of drug-likeness (QED) is 0.472. The van der Waals surface area contributed by atoms with Crippen molar-refractivity contribution in [3.63, 3.8) is 0 Å². The van der Waals surface area contributed by atoms with E-state index in [1.807, 2.05) is 35.5 Å². The minimum Gasteiger partial charge on any atom is -0.353 e. The number of nitrogens with zero attached hydrogens (tertiary/aromatic N) is 2. The first-order chi connectivity index (χ1) is 17.7.